The van der Waals surface area contributed by atoms with E-state index in [0.29, 0.717) is 38.4 Å². The van der Waals surface area contributed by atoms with Crippen LogP contribution in [0.15, 0.2) is 30.3 Å². The Hall–Kier alpha value is -3.08. The van der Waals surface area contributed by atoms with E-state index in [0.717, 1.165) is 22.5 Å². The van der Waals surface area contributed by atoms with E-state index in [-0.39, 0.29) is 43.1 Å². The molecule has 4 rings (SSSR count). The minimum Gasteiger partial charge on any atom is -0.444 e. The number of piperazine rings is 1. The van der Waals surface area contributed by atoms with E-state index in [4.69, 9.17) is 14.5 Å². The van der Waals surface area contributed by atoms with Crippen LogP contribution in [0.2, 0.25) is 0 Å². The molecule has 0 bridgehead atoms. The van der Waals surface area contributed by atoms with Gasteiger partial charge < -0.3 is 24.4 Å². The number of anilines is 1. The van der Waals surface area contributed by atoms with Crippen molar-refractivity contribution in [3.8, 4) is 0 Å². The zero-order valence-corrected chi connectivity index (χ0v) is 25.2. The van der Waals surface area contributed by atoms with Crippen molar-refractivity contribution in [2.45, 2.75) is 77.7 Å². The van der Waals surface area contributed by atoms with Crippen LogP contribution in [0.1, 0.15) is 64.1 Å². The number of hydrogen-bond acceptors (Lipinski definition) is 7. The molecule has 0 spiro atoms. The van der Waals surface area contributed by atoms with Crippen molar-refractivity contribution in [3.63, 3.8) is 0 Å². The van der Waals surface area contributed by atoms with E-state index >= 15 is 0 Å². The summed E-state index contributed by atoms with van der Waals surface area (Å²) in [6, 6.07) is 7.87. The minimum absolute atomic E-state index is 0.0675. The second-order valence-corrected chi connectivity index (χ2v) is 12.8. The number of carbonyl (C=O) groups excluding carboxylic acids is 2. The van der Waals surface area contributed by atoms with Crippen molar-refractivity contribution in [1.29, 1.82) is 0 Å². The first-order chi connectivity index (χ1) is 19.2. The largest absolute Gasteiger partial charge is 0.444 e. The van der Waals surface area contributed by atoms with Crippen molar-refractivity contribution >= 4 is 17.7 Å². The summed E-state index contributed by atoms with van der Waals surface area (Å²) < 4.78 is 24.6. The fraction of sp³-hybridized carbons (Fsp3) is 0.581. The van der Waals surface area contributed by atoms with Gasteiger partial charge in [0.15, 0.2) is 0 Å². The lowest BCUT2D eigenvalue weighted by Gasteiger charge is -2.45. The highest BCUT2D eigenvalue weighted by Gasteiger charge is 2.42. The number of ether oxygens (including phenoxy) is 2. The van der Waals surface area contributed by atoms with Gasteiger partial charge in [-0.25, -0.2) is 9.18 Å². The van der Waals surface area contributed by atoms with Crippen LogP contribution >= 0.6 is 0 Å². The quantitative estimate of drug-likeness (QED) is 0.540. The molecule has 3 heterocycles. The second-order valence-electron chi connectivity index (χ2n) is 12.8. The number of methoxy groups -OCH3 is 1. The van der Waals surface area contributed by atoms with Gasteiger partial charge in [-0.3, -0.25) is 14.7 Å². The Morgan fingerprint density at radius 3 is 2.46 bits per heavy atom. The molecule has 2 aliphatic rings. The van der Waals surface area contributed by atoms with Crippen LogP contribution in [-0.2, 0) is 32.7 Å². The highest BCUT2D eigenvalue weighted by molar-refractivity contribution is 5.97. The molecule has 9 nitrogen and oxygen atoms in total. The van der Waals surface area contributed by atoms with Crippen LogP contribution < -0.4 is 4.90 Å². The molecule has 10 heteroatoms. The number of amides is 2. The number of pyridine rings is 1. The molecule has 0 radical (unpaired) electrons. The van der Waals surface area contributed by atoms with Gasteiger partial charge in [0.25, 0.3) is 0 Å². The first-order valence-electron chi connectivity index (χ1n) is 14.1. The van der Waals surface area contributed by atoms with E-state index in [1.165, 1.54) is 12.1 Å². The Labute approximate surface area is 242 Å². The molecule has 1 fully saturated rings. The molecule has 1 saturated heterocycles. The van der Waals surface area contributed by atoms with Gasteiger partial charge in [-0.05, 0) is 63.4 Å². The van der Waals surface area contributed by atoms with Gasteiger partial charge in [0.2, 0.25) is 5.91 Å². The molecule has 2 atom stereocenters. The molecule has 1 aromatic carbocycles. The van der Waals surface area contributed by atoms with Gasteiger partial charge in [-0.15, -0.1) is 0 Å². The Bertz CT molecular complexity index is 1260. The molecule has 0 saturated carbocycles. The Balaban J connectivity index is 1.56. The van der Waals surface area contributed by atoms with Crippen LogP contribution in [0, 0.1) is 5.82 Å². The highest BCUT2D eigenvalue weighted by Crippen LogP contribution is 2.41. The highest BCUT2D eigenvalue weighted by atomic mass is 19.1. The van der Waals surface area contributed by atoms with Gasteiger partial charge in [-0.2, -0.15) is 0 Å². The fourth-order valence-corrected chi connectivity index (χ4v) is 5.66. The Morgan fingerprint density at radius 2 is 1.85 bits per heavy atom. The van der Waals surface area contributed by atoms with Crippen molar-refractivity contribution in [2.75, 3.05) is 44.8 Å². The first-order valence-corrected chi connectivity index (χ1v) is 14.1. The van der Waals surface area contributed by atoms with Crippen molar-refractivity contribution in [3.05, 3.63) is 58.7 Å². The number of benzene rings is 1. The maximum Gasteiger partial charge on any atom is 0.410 e. The summed E-state index contributed by atoms with van der Waals surface area (Å²) in [4.78, 5) is 37.2. The average molecular weight is 571 g/mol. The third kappa shape index (κ3) is 7.05. The average Bonchev–Trinajstić information content (AvgIpc) is 3.15. The number of rotatable bonds is 7. The summed E-state index contributed by atoms with van der Waals surface area (Å²) in [7, 11) is 1.61. The van der Waals surface area contributed by atoms with Gasteiger partial charge in [0.1, 0.15) is 11.4 Å². The molecule has 2 aliphatic heterocycles. The number of fused-ring (bicyclic) bond motifs is 1. The van der Waals surface area contributed by atoms with Gasteiger partial charge >= 0.3 is 6.09 Å². The molecule has 0 unspecified atom stereocenters. The van der Waals surface area contributed by atoms with Crippen LogP contribution in [0.3, 0.4) is 0 Å². The standard InChI is InChI=1S/C31H43FN4O5/c1-20-14-34(24(18-40-7)15-35(20)29(39)41-30(2,3)4)16-27(38)36-19-31(5,6)28-26(36)13-22(25(17-37)33-28)12-21-8-10-23(32)11-9-21/h8-11,13,20,24,37H,12,14-19H2,1-7H3/t20-,24-/m1/s1. The summed E-state index contributed by atoms with van der Waals surface area (Å²) in [6.07, 6.45) is 0.0886. The summed E-state index contributed by atoms with van der Waals surface area (Å²) in [5, 5.41) is 10.1. The van der Waals surface area contributed by atoms with E-state index in [1.807, 2.05) is 47.6 Å². The summed E-state index contributed by atoms with van der Waals surface area (Å²) in [5.74, 6) is -0.378. The number of nitrogens with zero attached hydrogens (tertiary/aromatic N) is 4. The molecule has 41 heavy (non-hydrogen) atoms. The van der Waals surface area contributed by atoms with Crippen molar-refractivity contribution < 1.29 is 28.6 Å². The topological polar surface area (TPSA) is 95.4 Å². The normalized spacial score (nSPS) is 20.7. The monoisotopic (exact) mass is 570 g/mol. The molecular weight excluding hydrogens is 527 g/mol. The molecule has 2 amide bonds. The Kier molecular flexibility index (Phi) is 9.06. The minimum atomic E-state index is -0.601. The van der Waals surface area contributed by atoms with Crippen molar-refractivity contribution in [2.24, 2.45) is 0 Å². The smallest absolute Gasteiger partial charge is 0.410 e. The molecule has 1 N–H and O–H groups in total. The lowest BCUT2D eigenvalue weighted by molar-refractivity contribution is -0.121. The summed E-state index contributed by atoms with van der Waals surface area (Å²) >= 11 is 0. The first kappa shape index (κ1) is 30.9. The number of aliphatic hydroxyl groups excluding tert-OH is 1. The van der Waals surface area contributed by atoms with Gasteiger partial charge in [0, 0.05) is 38.2 Å². The van der Waals surface area contributed by atoms with E-state index < -0.39 is 11.0 Å². The molecule has 0 aliphatic carbocycles. The fourth-order valence-electron chi connectivity index (χ4n) is 5.66. The van der Waals surface area contributed by atoms with E-state index in [9.17, 15) is 19.1 Å². The van der Waals surface area contributed by atoms with E-state index in [2.05, 4.69) is 4.90 Å². The zero-order chi connectivity index (χ0) is 30.1. The molecule has 1 aromatic heterocycles. The third-order valence-corrected chi connectivity index (χ3v) is 7.69. The predicted molar refractivity (Wildman–Crippen MR) is 154 cm³/mol. The van der Waals surface area contributed by atoms with Gasteiger partial charge in [-0.1, -0.05) is 26.0 Å². The second kappa shape index (κ2) is 12.0. The maximum atomic E-state index is 13.9. The summed E-state index contributed by atoms with van der Waals surface area (Å²) in [6.45, 7) is 13.2. The maximum absolute atomic E-state index is 13.9. The number of aromatic nitrogens is 1. The van der Waals surface area contributed by atoms with Crippen LogP contribution in [0.4, 0.5) is 14.9 Å². The van der Waals surface area contributed by atoms with Crippen LogP contribution in [0.5, 0.6) is 0 Å². The zero-order valence-electron chi connectivity index (χ0n) is 25.2. The summed E-state index contributed by atoms with van der Waals surface area (Å²) in [5.41, 5.74) is 2.74. The van der Waals surface area contributed by atoms with E-state index in [1.54, 1.807) is 29.0 Å². The molecule has 2 aromatic rings. The van der Waals surface area contributed by atoms with Crippen LogP contribution in [0.25, 0.3) is 0 Å². The van der Waals surface area contributed by atoms with Crippen molar-refractivity contribution in [1.82, 2.24) is 14.8 Å². The third-order valence-electron chi connectivity index (χ3n) is 7.69. The lowest BCUT2D eigenvalue weighted by atomic mass is 9.90. The molecular formula is C31H43FN4O5. The number of hydrogen-bond donors (Lipinski definition) is 1. The molecule has 224 valence electrons. The number of aliphatic hydroxyl groups is 1. The SMILES string of the molecule is COC[C@H]1CN(C(=O)OC(C)(C)C)[C@H](C)CN1CC(=O)N1CC(C)(C)c2nc(CO)c(Cc3ccc(F)cc3)cc21. The lowest BCUT2D eigenvalue weighted by Crippen LogP contribution is -2.62. The predicted octanol–water partition coefficient (Wildman–Crippen LogP) is 3.88. The Morgan fingerprint density at radius 1 is 1.17 bits per heavy atom. The van der Waals surface area contributed by atoms with Gasteiger partial charge in [0.05, 0.1) is 42.9 Å². The number of halogens is 1. The number of carbonyl (C=O) groups is 2. The van der Waals surface area contributed by atoms with Crippen LogP contribution in [-0.4, -0.2) is 89.5 Å².